The molecule has 0 aromatic heterocycles. The summed E-state index contributed by atoms with van der Waals surface area (Å²) in [5.74, 6) is 0.312. The highest BCUT2D eigenvalue weighted by Gasteiger charge is 2.27. The van der Waals surface area contributed by atoms with Crippen molar-refractivity contribution in [3.05, 3.63) is 29.8 Å². The van der Waals surface area contributed by atoms with Crippen LogP contribution in [0.3, 0.4) is 0 Å². The number of hydrogen-bond donors (Lipinski definition) is 2. The first-order chi connectivity index (χ1) is 8.58. The molecule has 0 amide bonds. The molecule has 1 fully saturated rings. The fourth-order valence-electron chi connectivity index (χ4n) is 2.72. The van der Waals surface area contributed by atoms with Crippen LogP contribution in [0, 0.1) is 0 Å². The van der Waals surface area contributed by atoms with Gasteiger partial charge in [-0.2, -0.15) is 0 Å². The maximum absolute atomic E-state index is 9.30. The zero-order valence-electron chi connectivity index (χ0n) is 11.2. The van der Waals surface area contributed by atoms with E-state index in [1.54, 1.807) is 12.1 Å². The van der Waals surface area contributed by atoms with Gasteiger partial charge in [-0.25, -0.2) is 0 Å². The molecule has 0 aliphatic carbocycles. The van der Waals surface area contributed by atoms with E-state index in [2.05, 4.69) is 11.8 Å². The molecule has 0 bridgehead atoms. The Labute approximate surface area is 110 Å². The first-order valence-electron chi connectivity index (χ1n) is 6.90. The monoisotopic (exact) mass is 248 g/mol. The predicted octanol–water partition coefficient (Wildman–Crippen LogP) is 2.49. The van der Waals surface area contributed by atoms with Gasteiger partial charge >= 0.3 is 0 Å². The van der Waals surface area contributed by atoms with Crippen LogP contribution in [0.5, 0.6) is 5.75 Å². The third-order valence-corrected chi connectivity index (χ3v) is 3.83. The third-order valence-electron chi connectivity index (χ3n) is 3.83. The van der Waals surface area contributed by atoms with E-state index in [-0.39, 0.29) is 5.66 Å². The van der Waals surface area contributed by atoms with E-state index in [0.29, 0.717) is 5.75 Å². The van der Waals surface area contributed by atoms with Crippen molar-refractivity contribution in [1.82, 2.24) is 4.90 Å². The Morgan fingerprint density at radius 2 is 1.67 bits per heavy atom. The molecular weight excluding hydrogens is 224 g/mol. The van der Waals surface area contributed by atoms with Crippen molar-refractivity contribution in [2.45, 2.75) is 44.7 Å². The molecule has 0 spiro atoms. The highest BCUT2D eigenvalue weighted by atomic mass is 16.3. The number of aromatic hydroxyl groups is 1. The van der Waals surface area contributed by atoms with Crippen molar-refractivity contribution in [2.24, 2.45) is 5.73 Å². The maximum Gasteiger partial charge on any atom is 0.115 e. The van der Waals surface area contributed by atoms with Gasteiger partial charge in [0.2, 0.25) is 0 Å². The number of phenolic OH excluding ortho intramolecular Hbond substituents is 1. The van der Waals surface area contributed by atoms with E-state index in [1.807, 2.05) is 12.1 Å². The van der Waals surface area contributed by atoms with Gasteiger partial charge in [-0.15, -0.1) is 0 Å². The normalized spacial score (nSPS) is 21.2. The highest BCUT2D eigenvalue weighted by molar-refractivity contribution is 5.27. The van der Waals surface area contributed by atoms with Crippen LogP contribution >= 0.6 is 0 Å². The van der Waals surface area contributed by atoms with E-state index in [0.717, 1.165) is 19.5 Å². The number of nitrogens with two attached hydrogens (primary N) is 1. The Kier molecular flexibility index (Phi) is 4.25. The summed E-state index contributed by atoms with van der Waals surface area (Å²) in [5, 5.41) is 9.30. The molecule has 3 heteroatoms. The SMILES string of the molecule is CC(N)(Cc1ccc(O)cc1)N1CCCCCC1. The first kappa shape index (κ1) is 13.4. The summed E-state index contributed by atoms with van der Waals surface area (Å²) in [7, 11) is 0. The van der Waals surface area contributed by atoms with Crippen molar-refractivity contribution in [3.8, 4) is 5.75 Å². The topological polar surface area (TPSA) is 49.5 Å². The lowest BCUT2D eigenvalue weighted by molar-refractivity contribution is 0.113. The maximum atomic E-state index is 9.30. The van der Waals surface area contributed by atoms with Gasteiger partial charge in [0.15, 0.2) is 0 Å². The van der Waals surface area contributed by atoms with E-state index >= 15 is 0 Å². The lowest BCUT2D eigenvalue weighted by atomic mass is 10.00. The summed E-state index contributed by atoms with van der Waals surface area (Å²) in [4.78, 5) is 2.41. The summed E-state index contributed by atoms with van der Waals surface area (Å²) >= 11 is 0. The summed E-state index contributed by atoms with van der Waals surface area (Å²) in [6, 6.07) is 7.37. The van der Waals surface area contributed by atoms with Crippen LogP contribution in [0.4, 0.5) is 0 Å². The number of nitrogens with zero attached hydrogens (tertiary/aromatic N) is 1. The van der Waals surface area contributed by atoms with Crippen molar-refractivity contribution in [3.63, 3.8) is 0 Å². The molecule has 1 atom stereocenters. The standard InChI is InChI=1S/C15H24N2O/c1-15(16,17-10-4-2-3-5-11-17)12-13-6-8-14(18)9-7-13/h6-9,18H,2-5,10-12,16H2,1H3. The van der Waals surface area contributed by atoms with Crippen LogP contribution in [0.1, 0.15) is 38.2 Å². The average molecular weight is 248 g/mol. The largest absolute Gasteiger partial charge is 0.508 e. The van der Waals surface area contributed by atoms with Crippen LogP contribution in [-0.4, -0.2) is 28.8 Å². The number of phenols is 1. The Morgan fingerprint density at radius 1 is 1.11 bits per heavy atom. The van der Waals surface area contributed by atoms with Gasteiger partial charge in [0.05, 0.1) is 5.66 Å². The molecule has 1 aromatic carbocycles. The Bertz CT molecular complexity index is 365. The minimum absolute atomic E-state index is 0.290. The Hall–Kier alpha value is -1.06. The van der Waals surface area contributed by atoms with E-state index in [4.69, 9.17) is 5.73 Å². The zero-order valence-corrected chi connectivity index (χ0v) is 11.2. The molecule has 1 aliphatic heterocycles. The molecule has 0 radical (unpaired) electrons. The summed E-state index contributed by atoms with van der Waals surface area (Å²) in [5.41, 5.74) is 7.39. The molecule has 100 valence electrons. The molecule has 1 aliphatic rings. The van der Waals surface area contributed by atoms with Gasteiger partial charge in [-0.05, 0) is 50.6 Å². The summed E-state index contributed by atoms with van der Waals surface area (Å²) in [6.45, 7) is 4.32. The minimum Gasteiger partial charge on any atom is -0.508 e. The second-order valence-electron chi connectivity index (χ2n) is 5.60. The van der Waals surface area contributed by atoms with Gasteiger partial charge in [0.1, 0.15) is 5.75 Å². The second-order valence-corrected chi connectivity index (χ2v) is 5.60. The average Bonchev–Trinajstić information content (AvgIpc) is 2.61. The van der Waals surface area contributed by atoms with Crippen molar-refractivity contribution in [2.75, 3.05) is 13.1 Å². The molecular formula is C15H24N2O. The quantitative estimate of drug-likeness (QED) is 0.864. The molecule has 18 heavy (non-hydrogen) atoms. The number of rotatable bonds is 3. The van der Waals surface area contributed by atoms with Gasteiger partial charge in [0.25, 0.3) is 0 Å². The molecule has 1 saturated heterocycles. The van der Waals surface area contributed by atoms with Crippen molar-refractivity contribution >= 4 is 0 Å². The van der Waals surface area contributed by atoms with Gasteiger partial charge in [0, 0.05) is 6.42 Å². The van der Waals surface area contributed by atoms with Gasteiger partial charge in [-0.1, -0.05) is 25.0 Å². The number of hydrogen-bond acceptors (Lipinski definition) is 3. The number of benzene rings is 1. The Morgan fingerprint density at radius 3 is 2.22 bits per heavy atom. The molecule has 1 heterocycles. The molecule has 0 saturated carbocycles. The second kappa shape index (κ2) is 5.72. The van der Waals surface area contributed by atoms with Crippen molar-refractivity contribution < 1.29 is 5.11 Å². The lowest BCUT2D eigenvalue weighted by Crippen LogP contribution is -2.55. The zero-order chi connectivity index (χ0) is 13.0. The molecule has 3 N–H and O–H groups in total. The van der Waals surface area contributed by atoms with Crippen LogP contribution in [-0.2, 0) is 6.42 Å². The summed E-state index contributed by atoms with van der Waals surface area (Å²) in [6.07, 6.45) is 5.98. The molecule has 3 nitrogen and oxygen atoms in total. The fraction of sp³-hybridized carbons (Fsp3) is 0.600. The van der Waals surface area contributed by atoms with Crippen LogP contribution in [0.2, 0.25) is 0 Å². The van der Waals surface area contributed by atoms with E-state index < -0.39 is 0 Å². The predicted molar refractivity (Wildman–Crippen MR) is 74.4 cm³/mol. The van der Waals surface area contributed by atoms with Crippen LogP contribution in [0.25, 0.3) is 0 Å². The van der Waals surface area contributed by atoms with Gasteiger partial charge < -0.3 is 10.8 Å². The van der Waals surface area contributed by atoms with Gasteiger partial charge in [-0.3, -0.25) is 4.90 Å². The molecule has 2 rings (SSSR count). The Balaban J connectivity index is 2.02. The molecule has 1 aromatic rings. The summed E-state index contributed by atoms with van der Waals surface area (Å²) < 4.78 is 0. The third kappa shape index (κ3) is 3.47. The minimum atomic E-state index is -0.290. The fourth-order valence-corrected chi connectivity index (χ4v) is 2.72. The van der Waals surface area contributed by atoms with E-state index in [9.17, 15) is 5.11 Å². The molecule has 1 unspecified atom stereocenters. The van der Waals surface area contributed by atoms with Crippen LogP contribution in [0.15, 0.2) is 24.3 Å². The number of likely N-dealkylation sites (tertiary alicyclic amines) is 1. The smallest absolute Gasteiger partial charge is 0.115 e. The van der Waals surface area contributed by atoms with Crippen molar-refractivity contribution in [1.29, 1.82) is 0 Å². The first-order valence-corrected chi connectivity index (χ1v) is 6.90. The van der Waals surface area contributed by atoms with Crippen LogP contribution < -0.4 is 5.73 Å². The highest BCUT2D eigenvalue weighted by Crippen LogP contribution is 2.21. The van der Waals surface area contributed by atoms with E-state index in [1.165, 1.54) is 31.2 Å². The lowest BCUT2D eigenvalue weighted by Gasteiger charge is -2.38.